The number of benzene rings is 1. The van der Waals surface area contributed by atoms with E-state index in [0.29, 0.717) is 17.1 Å². The van der Waals surface area contributed by atoms with Crippen molar-refractivity contribution in [3.63, 3.8) is 0 Å². The van der Waals surface area contributed by atoms with Gasteiger partial charge in [-0.2, -0.15) is 36.8 Å². The van der Waals surface area contributed by atoms with Gasteiger partial charge in [-0.3, -0.25) is 14.4 Å². The first kappa shape index (κ1) is 38.5. The molecule has 4 aliphatic rings. The molecule has 7 rings (SSSR count). The number of halogens is 6. The maximum Gasteiger partial charge on any atom is 0.411 e. The first-order valence-electron chi connectivity index (χ1n) is 17.9. The minimum absolute atomic E-state index is 0.00776. The lowest BCUT2D eigenvalue weighted by molar-refractivity contribution is -0.164. The molecule has 12 nitrogen and oxygen atoms in total. The van der Waals surface area contributed by atoms with E-state index >= 15 is 4.79 Å². The second-order valence-corrected chi connectivity index (χ2v) is 16.6. The van der Waals surface area contributed by atoms with Crippen LogP contribution in [0.3, 0.4) is 0 Å². The Bertz CT molecular complexity index is 2100. The molecule has 0 bridgehead atoms. The van der Waals surface area contributed by atoms with Gasteiger partial charge in [0.1, 0.15) is 18.5 Å². The molecule has 3 atom stereocenters. The Morgan fingerprint density at radius 3 is 2.49 bits per heavy atom. The van der Waals surface area contributed by atoms with Gasteiger partial charge in [-0.25, -0.2) is 14.8 Å². The highest BCUT2D eigenvalue weighted by molar-refractivity contribution is 6.33. The second-order valence-electron chi connectivity index (χ2n) is 16.2. The maximum absolute atomic E-state index is 15.2. The number of carbonyl (C=O) groups excluding carboxylic acids is 2. The number of alkyl halides is 5. The summed E-state index contributed by atoms with van der Waals surface area (Å²) in [7, 11) is 0. The molecule has 3 N–H and O–H groups in total. The Kier molecular flexibility index (Phi) is 9.41. The summed E-state index contributed by atoms with van der Waals surface area (Å²) in [4.78, 5) is 38.2. The molecular weight excluding hydrogens is 749 g/mol. The van der Waals surface area contributed by atoms with Gasteiger partial charge in [-0.1, -0.05) is 63.6 Å². The number of guanidine groups is 1. The first-order chi connectivity index (χ1) is 25.8. The number of aromatic nitrogens is 5. The molecule has 1 aliphatic heterocycles. The minimum atomic E-state index is -4.71. The van der Waals surface area contributed by atoms with Crippen LogP contribution >= 0.6 is 11.6 Å². The van der Waals surface area contributed by atoms with Crippen molar-refractivity contribution >= 4 is 35.1 Å². The van der Waals surface area contributed by atoms with E-state index in [1.54, 1.807) is 0 Å². The summed E-state index contributed by atoms with van der Waals surface area (Å²) in [6, 6.07) is 3.34. The van der Waals surface area contributed by atoms with Gasteiger partial charge in [0.05, 0.1) is 23.3 Å². The molecular formula is C37H41ClF5N9O3. The topological polar surface area (TPSA) is 146 Å². The van der Waals surface area contributed by atoms with Crippen molar-refractivity contribution in [1.82, 2.24) is 34.8 Å². The van der Waals surface area contributed by atoms with Crippen LogP contribution in [0.5, 0.6) is 0 Å². The summed E-state index contributed by atoms with van der Waals surface area (Å²) in [5, 5.41) is 10.0. The minimum Gasteiger partial charge on any atom is -0.447 e. The molecule has 1 unspecified atom stereocenters. The normalized spacial score (nSPS) is 24.2. The fourth-order valence-electron chi connectivity index (χ4n) is 7.45. The lowest BCUT2D eigenvalue weighted by Gasteiger charge is -2.45. The molecule has 0 radical (unpaired) electrons. The zero-order valence-electron chi connectivity index (χ0n) is 30.6. The van der Waals surface area contributed by atoms with Crippen molar-refractivity contribution in [3.8, 4) is 11.4 Å². The highest BCUT2D eigenvalue weighted by Gasteiger charge is 2.65. The number of alkyl carbamates (subject to hydrolysis) is 1. The summed E-state index contributed by atoms with van der Waals surface area (Å²) in [6.45, 7) is 4.05. The van der Waals surface area contributed by atoms with Crippen LogP contribution in [0.4, 0.5) is 26.7 Å². The zero-order valence-corrected chi connectivity index (χ0v) is 31.3. The van der Waals surface area contributed by atoms with Gasteiger partial charge < -0.3 is 15.8 Å². The molecule has 3 aromatic rings. The van der Waals surface area contributed by atoms with E-state index in [9.17, 15) is 26.7 Å². The summed E-state index contributed by atoms with van der Waals surface area (Å²) in [5.41, 5.74) is 3.44. The van der Waals surface area contributed by atoms with Crippen molar-refractivity contribution in [2.24, 2.45) is 21.6 Å². The summed E-state index contributed by atoms with van der Waals surface area (Å²) in [5.74, 6) is -1.05. The Labute approximate surface area is 318 Å². The van der Waals surface area contributed by atoms with Gasteiger partial charge in [0, 0.05) is 22.7 Å². The molecule has 1 aromatic carbocycles. The van der Waals surface area contributed by atoms with E-state index in [1.807, 2.05) is 68.3 Å². The van der Waals surface area contributed by atoms with Crippen molar-refractivity contribution in [2.75, 3.05) is 6.61 Å². The highest BCUT2D eigenvalue weighted by atomic mass is 35.5. The van der Waals surface area contributed by atoms with Gasteiger partial charge >= 0.3 is 18.8 Å². The SMILES string of the molecule is CC(C)(C)C[C@]1(C2(C)C=CC(c3cnn(C4CC4)c3)=CC2)N=C(N)N([C@H](COC(=O)NC2(C(F)(F)F)CC2)c2ccc(Cl)c(-c3ncnn3C(F)F)c2)C1=O. The average molecular weight is 790 g/mol. The van der Waals surface area contributed by atoms with Crippen LogP contribution in [0.15, 0.2) is 60.1 Å². The van der Waals surface area contributed by atoms with E-state index in [1.165, 1.54) is 23.1 Å². The van der Waals surface area contributed by atoms with Gasteiger partial charge in [-0.05, 0) is 67.2 Å². The number of nitrogens with zero attached hydrogens (tertiary/aromatic N) is 7. The molecule has 2 fully saturated rings. The standard InChI is InChI=1S/C37H41ClF5N9O3/c1-33(2,3)19-36(34(4)11-9-21(10-12-34)23-16-46-50(17-23)24-6-7-24)29(53)51(31(44)48-36)27(18-55-32(54)49-35(13-14-35)37(41,42)43)22-5-8-26(38)25(15-22)28-45-20-47-52(28)30(39)40/h5,8-11,15-17,20,24,27,30H,6-7,12-14,18-19H2,1-4H3,(H2,44,48)(H,49,54)/t27-,34?,36+/m1/s1. The molecule has 2 amide bonds. The van der Waals surface area contributed by atoms with E-state index < -0.39 is 59.3 Å². The fraction of sp³-hybridized carbons (Fsp3) is 0.514. The third-order valence-electron chi connectivity index (χ3n) is 10.8. The Morgan fingerprint density at radius 1 is 1.16 bits per heavy atom. The number of nitrogens with two attached hydrogens (primary N) is 1. The van der Waals surface area contributed by atoms with Crippen molar-refractivity contribution in [2.45, 2.75) is 102 Å². The predicted molar refractivity (Wildman–Crippen MR) is 193 cm³/mol. The van der Waals surface area contributed by atoms with Crippen LogP contribution in [-0.2, 0) is 9.53 Å². The summed E-state index contributed by atoms with van der Waals surface area (Å²) < 4.78 is 76.6. The van der Waals surface area contributed by atoms with Crippen LogP contribution in [0.1, 0.15) is 96.0 Å². The molecule has 294 valence electrons. The Hall–Kier alpha value is -4.80. The molecule has 0 saturated heterocycles. The lowest BCUT2D eigenvalue weighted by Crippen LogP contribution is -2.55. The van der Waals surface area contributed by atoms with Crippen LogP contribution < -0.4 is 11.1 Å². The van der Waals surface area contributed by atoms with E-state index in [2.05, 4.69) is 15.2 Å². The van der Waals surface area contributed by atoms with E-state index in [4.69, 9.17) is 27.1 Å². The van der Waals surface area contributed by atoms with E-state index in [-0.39, 0.29) is 47.2 Å². The van der Waals surface area contributed by atoms with E-state index in [0.717, 1.165) is 30.3 Å². The van der Waals surface area contributed by atoms with Crippen LogP contribution in [-0.4, -0.2) is 71.3 Å². The van der Waals surface area contributed by atoms with Gasteiger partial charge in [0.25, 0.3) is 5.91 Å². The van der Waals surface area contributed by atoms with Crippen LogP contribution in [0.2, 0.25) is 5.02 Å². The van der Waals surface area contributed by atoms with Gasteiger partial charge in [0.15, 0.2) is 17.3 Å². The summed E-state index contributed by atoms with van der Waals surface area (Å²) in [6.07, 6.45) is 6.75. The Morgan fingerprint density at radius 2 is 1.89 bits per heavy atom. The Balaban J connectivity index is 1.25. The third kappa shape index (κ3) is 7.11. The largest absolute Gasteiger partial charge is 0.447 e. The molecule has 3 heterocycles. The zero-order chi connectivity index (χ0) is 39.7. The monoisotopic (exact) mass is 789 g/mol. The third-order valence-corrected chi connectivity index (χ3v) is 11.1. The molecule has 3 aliphatic carbocycles. The van der Waals surface area contributed by atoms with Crippen LogP contribution in [0, 0.1) is 10.8 Å². The predicted octanol–water partition coefficient (Wildman–Crippen LogP) is 7.77. The molecule has 18 heteroatoms. The molecule has 55 heavy (non-hydrogen) atoms. The van der Waals surface area contributed by atoms with Gasteiger partial charge in [-0.15, -0.1) is 0 Å². The number of amides is 2. The number of hydrogen-bond acceptors (Lipinski definition) is 8. The maximum atomic E-state index is 15.2. The van der Waals surface area contributed by atoms with Crippen molar-refractivity contribution in [1.29, 1.82) is 0 Å². The highest BCUT2D eigenvalue weighted by Crippen LogP contribution is 2.53. The quantitative estimate of drug-likeness (QED) is 0.189. The number of rotatable bonds is 11. The second kappa shape index (κ2) is 13.4. The number of nitrogens with one attached hydrogen (secondary N) is 1. The number of carbonyl (C=O) groups is 2. The molecule has 2 aromatic heterocycles. The number of allylic oxidation sites excluding steroid dienone is 3. The average Bonchev–Trinajstić information content (AvgIpc) is 3.97. The number of ether oxygens (including phenoxy) is 1. The number of aliphatic imine (C=N–C) groups is 1. The molecule has 2 saturated carbocycles. The summed E-state index contributed by atoms with van der Waals surface area (Å²) >= 11 is 6.47. The lowest BCUT2D eigenvalue weighted by atomic mass is 9.61. The molecule has 0 spiro atoms. The fourth-order valence-corrected chi connectivity index (χ4v) is 7.66. The number of hydrogen-bond donors (Lipinski definition) is 2. The van der Waals surface area contributed by atoms with Crippen LogP contribution in [0.25, 0.3) is 17.0 Å². The smallest absolute Gasteiger partial charge is 0.411 e. The first-order valence-corrected chi connectivity index (χ1v) is 18.3. The van der Waals surface area contributed by atoms with Crippen molar-refractivity contribution < 1.29 is 36.3 Å². The van der Waals surface area contributed by atoms with Crippen molar-refractivity contribution in [3.05, 3.63) is 71.3 Å². The van der Waals surface area contributed by atoms with Gasteiger partial charge in [0.2, 0.25) is 0 Å².